The first kappa shape index (κ1) is 13.3. The molecule has 0 aliphatic carbocycles. The summed E-state index contributed by atoms with van der Waals surface area (Å²) in [5.74, 6) is 0.125. The van der Waals surface area contributed by atoms with Crippen LogP contribution in [0.25, 0.3) is 0 Å². The minimum Gasteiger partial charge on any atom is -0.483 e. The monoisotopic (exact) mass is 317 g/mol. The van der Waals surface area contributed by atoms with Crippen LogP contribution in [0.3, 0.4) is 0 Å². The van der Waals surface area contributed by atoms with Gasteiger partial charge >= 0.3 is 0 Å². The van der Waals surface area contributed by atoms with E-state index in [1.165, 1.54) is 18.2 Å². The van der Waals surface area contributed by atoms with Gasteiger partial charge in [0.15, 0.2) is 6.61 Å². The molecule has 1 aliphatic heterocycles. The zero-order chi connectivity index (χ0) is 13.1. The van der Waals surface area contributed by atoms with Gasteiger partial charge in [0.2, 0.25) is 0 Å². The summed E-state index contributed by atoms with van der Waals surface area (Å²) in [7, 11) is 0. The standard InChI is InChI=1S/C12H13BrFNO3/c13-10-3-9(14)1-2-11(10)18-7-12(17)15-4-8(5-15)6-16/h1-3,8,16H,4-7H2. The van der Waals surface area contributed by atoms with Gasteiger partial charge in [-0.25, -0.2) is 4.39 Å². The van der Waals surface area contributed by atoms with Gasteiger partial charge < -0.3 is 14.7 Å². The summed E-state index contributed by atoms with van der Waals surface area (Å²) >= 11 is 3.16. The lowest BCUT2D eigenvalue weighted by Gasteiger charge is -2.38. The van der Waals surface area contributed by atoms with Crippen molar-refractivity contribution in [2.24, 2.45) is 5.92 Å². The van der Waals surface area contributed by atoms with Gasteiger partial charge in [-0.1, -0.05) is 0 Å². The Hall–Kier alpha value is -1.14. The molecule has 0 spiro atoms. The second-order valence-electron chi connectivity index (χ2n) is 4.21. The van der Waals surface area contributed by atoms with E-state index in [9.17, 15) is 9.18 Å². The fraction of sp³-hybridized carbons (Fsp3) is 0.417. The molecule has 1 aromatic rings. The van der Waals surface area contributed by atoms with Gasteiger partial charge in [0, 0.05) is 25.6 Å². The van der Waals surface area contributed by atoms with Gasteiger partial charge in [-0.3, -0.25) is 4.79 Å². The van der Waals surface area contributed by atoms with E-state index in [4.69, 9.17) is 9.84 Å². The SMILES string of the molecule is O=C(COc1ccc(F)cc1Br)N1CC(CO)C1. The van der Waals surface area contributed by atoms with Gasteiger partial charge in [-0.05, 0) is 34.1 Å². The lowest BCUT2D eigenvalue weighted by atomic mass is 10.0. The number of hydrogen-bond acceptors (Lipinski definition) is 3. The highest BCUT2D eigenvalue weighted by Crippen LogP contribution is 2.25. The van der Waals surface area contributed by atoms with E-state index < -0.39 is 0 Å². The maximum Gasteiger partial charge on any atom is 0.260 e. The number of carbonyl (C=O) groups is 1. The molecule has 4 nitrogen and oxygen atoms in total. The molecular formula is C12H13BrFNO3. The number of ether oxygens (including phenoxy) is 1. The normalized spacial score (nSPS) is 15.4. The van der Waals surface area contributed by atoms with Crippen LogP contribution in [-0.4, -0.2) is 42.2 Å². The van der Waals surface area contributed by atoms with Crippen LogP contribution in [0.2, 0.25) is 0 Å². The molecule has 1 N–H and O–H groups in total. The Morgan fingerprint density at radius 1 is 1.56 bits per heavy atom. The molecule has 18 heavy (non-hydrogen) atoms. The fourth-order valence-corrected chi connectivity index (χ4v) is 2.18. The number of likely N-dealkylation sites (tertiary alicyclic amines) is 1. The molecular weight excluding hydrogens is 305 g/mol. The predicted molar refractivity (Wildman–Crippen MR) is 66.8 cm³/mol. The summed E-state index contributed by atoms with van der Waals surface area (Å²) in [6, 6.07) is 4.03. The van der Waals surface area contributed by atoms with E-state index in [1.54, 1.807) is 4.90 Å². The molecule has 0 aromatic heterocycles. The summed E-state index contributed by atoms with van der Waals surface area (Å²) in [4.78, 5) is 13.3. The van der Waals surface area contributed by atoms with E-state index in [2.05, 4.69) is 15.9 Å². The van der Waals surface area contributed by atoms with Gasteiger partial charge in [0.1, 0.15) is 11.6 Å². The van der Waals surface area contributed by atoms with Crippen LogP contribution in [0, 0.1) is 11.7 Å². The van der Waals surface area contributed by atoms with Crippen molar-refractivity contribution in [1.29, 1.82) is 0 Å². The number of benzene rings is 1. The number of aliphatic hydroxyl groups excluding tert-OH is 1. The van der Waals surface area contributed by atoms with E-state index in [0.717, 1.165) is 0 Å². The van der Waals surface area contributed by atoms with E-state index in [0.29, 0.717) is 23.3 Å². The first-order valence-electron chi connectivity index (χ1n) is 5.56. The second kappa shape index (κ2) is 5.67. The first-order valence-corrected chi connectivity index (χ1v) is 6.36. The van der Waals surface area contributed by atoms with E-state index in [1.807, 2.05) is 0 Å². The van der Waals surface area contributed by atoms with Crippen molar-refractivity contribution in [3.63, 3.8) is 0 Å². The minimum atomic E-state index is -0.367. The van der Waals surface area contributed by atoms with E-state index in [-0.39, 0.29) is 30.9 Å². The topological polar surface area (TPSA) is 49.8 Å². The van der Waals surface area contributed by atoms with Crippen LogP contribution >= 0.6 is 15.9 Å². The molecule has 2 rings (SSSR count). The summed E-state index contributed by atoms with van der Waals surface area (Å²) in [5, 5.41) is 8.84. The van der Waals surface area contributed by atoms with Crippen molar-refractivity contribution >= 4 is 21.8 Å². The summed E-state index contributed by atoms with van der Waals surface area (Å²) in [6.07, 6.45) is 0. The molecule has 0 bridgehead atoms. The Kier molecular flexibility index (Phi) is 4.19. The maximum absolute atomic E-state index is 12.8. The van der Waals surface area contributed by atoms with Crippen molar-refractivity contribution in [3.05, 3.63) is 28.5 Å². The Bertz CT molecular complexity index is 449. The fourth-order valence-electron chi connectivity index (χ4n) is 1.71. The molecule has 0 unspecified atom stereocenters. The second-order valence-corrected chi connectivity index (χ2v) is 5.07. The number of nitrogens with zero attached hydrogens (tertiary/aromatic N) is 1. The quantitative estimate of drug-likeness (QED) is 0.913. The van der Waals surface area contributed by atoms with Gasteiger partial charge in [-0.15, -0.1) is 0 Å². The van der Waals surface area contributed by atoms with Gasteiger partial charge in [-0.2, -0.15) is 0 Å². The van der Waals surface area contributed by atoms with Crippen molar-refractivity contribution in [2.45, 2.75) is 0 Å². The average molecular weight is 318 g/mol. The lowest BCUT2D eigenvalue weighted by molar-refractivity contribution is -0.140. The summed E-state index contributed by atoms with van der Waals surface area (Å²) < 4.78 is 18.6. The Labute approximate surface area is 112 Å². The number of aliphatic hydroxyl groups is 1. The summed E-state index contributed by atoms with van der Waals surface area (Å²) in [5.41, 5.74) is 0. The maximum atomic E-state index is 12.8. The highest BCUT2D eigenvalue weighted by molar-refractivity contribution is 9.10. The molecule has 1 amide bonds. The zero-order valence-electron chi connectivity index (χ0n) is 9.60. The van der Waals surface area contributed by atoms with Crippen molar-refractivity contribution in [2.75, 3.05) is 26.3 Å². The van der Waals surface area contributed by atoms with Gasteiger partial charge in [0.25, 0.3) is 5.91 Å². The Balaban J connectivity index is 1.83. The largest absolute Gasteiger partial charge is 0.483 e. The zero-order valence-corrected chi connectivity index (χ0v) is 11.2. The molecule has 0 radical (unpaired) electrons. The number of hydrogen-bond donors (Lipinski definition) is 1. The summed E-state index contributed by atoms with van der Waals surface area (Å²) in [6.45, 7) is 1.17. The molecule has 1 aliphatic rings. The van der Waals surface area contributed by atoms with Crippen LogP contribution in [0.15, 0.2) is 22.7 Å². The third-order valence-electron chi connectivity index (χ3n) is 2.81. The Morgan fingerprint density at radius 2 is 2.28 bits per heavy atom. The third kappa shape index (κ3) is 3.00. The van der Waals surface area contributed by atoms with Crippen LogP contribution in [0.5, 0.6) is 5.75 Å². The minimum absolute atomic E-state index is 0.0810. The van der Waals surface area contributed by atoms with Crippen LogP contribution in [0.1, 0.15) is 0 Å². The van der Waals surface area contributed by atoms with Crippen molar-refractivity contribution in [1.82, 2.24) is 4.90 Å². The molecule has 98 valence electrons. The van der Waals surface area contributed by atoms with E-state index >= 15 is 0 Å². The number of rotatable bonds is 4. The smallest absolute Gasteiger partial charge is 0.260 e. The van der Waals surface area contributed by atoms with Crippen LogP contribution in [0.4, 0.5) is 4.39 Å². The average Bonchev–Trinajstić information content (AvgIpc) is 2.26. The van der Waals surface area contributed by atoms with Crippen molar-refractivity contribution in [3.8, 4) is 5.75 Å². The predicted octanol–water partition coefficient (Wildman–Crippen LogP) is 1.42. The molecule has 1 heterocycles. The Morgan fingerprint density at radius 3 is 2.89 bits per heavy atom. The molecule has 6 heteroatoms. The lowest BCUT2D eigenvalue weighted by Crippen LogP contribution is -2.52. The number of amides is 1. The number of halogens is 2. The first-order chi connectivity index (χ1) is 8.60. The molecule has 1 fully saturated rings. The van der Waals surface area contributed by atoms with Crippen molar-refractivity contribution < 1.29 is 19.0 Å². The number of carbonyl (C=O) groups excluding carboxylic acids is 1. The van der Waals surface area contributed by atoms with Crippen LogP contribution in [-0.2, 0) is 4.79 Å². The molecule has 0 atom stereocenters. The molecule has 0 saturated carbocycles. The molecule has 1 saturated heterocycles. The van der Waals surface area contributed by atoms with Gasteiger partial charge in [0.05, 0.1) is 4.47 Å². The van der Waals surface area contributed by atoms with Crippen LogP contribution < -0.4 is 4.74 Å². The third-order valence-corrected chi connectivity index (χ3v) is 3.43. The molecule has 1 aromatic carbocycles. The highest BCUT2D eigenvalue weighted by atomic mass is 79.9. The highest BCUT2D eigenvalue weighted by Gasteiger charge is 2.29.